The topological polar surface area (TPSA) is 45.8 Å². The summed E-state index contributed by atoms with van der Waals surface area (Å²) in [4.78, 5) is 13.1. The van der Waals surface area contributed by atoms with Gasteiger partial charge in [-0.3, -0.25) is 9.36 Å². The minimum atomic E-state index is 0.00904. The van der Waals surface area contributed by atoms with Crippen LogP contribution in [-0.2, 0) is 6.42 Å². The van der Waals surface area contributed by atoms with Crippen LogP contribution in [0.25, 0.3) is 22.2 Å². The molecule has 3 aromatic carbocycles. The first-order valence-corrected chi connectivity index (χ1v) is 8.44. The van der Waals surface area contributed by atoms with Gasteiger partial charge in [0.2, 0.25) is 5.91 Å². The van der Waals surface area contributed by atoms with Gasteiger partial charge in [0.1, 0.15) is 0 Å². The Bertz CT molecular complexity index is 1120. The van der Waals surface area contributed by atoms with Crippen LogP contribution in [0, 0.1) is 11.3 Å². The number of fused-ring (bicyclic) bond motifs is 1. The number of carbonyl (C=O) groups excluding carboxylic acids is 1. The van der Waals surface area contributed by atoms with Crippen LogP contribution in [-0.4, -0.2) is 10.5 Å². The Labute approximate surface area is 151 Å². The number of aromatic nitrogens is 1. The molecule has 0 fully saturated rings. The van der Waals surface area contributed by atoms with Crippen LogP contribution in [0.4, 0.5) is 0 Å². The van der Waals surface area contributed by atoms with Crippen molar-refractivity contribution in [2.45, 2.75) is 6.42 Å². The molecule has 0 unspecified atom stereocenters. The number of nitriles is 1. The lowest BCUT2D eigenvalue weighted by molar-refractivity contribution is 0.0921. The molecule has 0 bridgehead atoms. The fraction of sp³-hybridized carbons (Fsp3) is 0.0435. The maximum atomic E-state index is 13.1. The third-order valence-electron chi connectivity index (χ3n) is 4.47. The molecule has 0 saturated heterocycles. The van der Waals surface area contributed by atoms with Crippen molar-refractivity contribution in [3.05, 3.63) is 96.1 Å². The van der Waals surface area contributed by atoms with Crippen LogP contribution in [0.15, 0.2) is 84.9 Å². The average molecular weight is 336 g/mol. The van der Waals surface area contributed by atoms with Crippen molar-refractivity contribution in [3.8, 4) is 17.3 Å². The van der Waals surface area contributed by atoms with Crippen LogP contribution in [0.2, 0.25) is 0 Å². The van der Waals surface area contributed by atoms with Crippen molar-refractivity contribution in [1.82, 2.24) is 4.57 Å². The van der Waals surface area contributed by atoms with Crippen molar-refractivity contribution in [2.24, 2.45) is 0 Å². The van der Waals surface area contributed by atoms with Crippen molar-refractivity contribution < 1.29 is 4.79 Å². The molecule has 0 N–H and O–H groups in total. The van der Waals surface area contributed by atoms with E-state index in [0.29, 0.717) is 5.56 Å². The SMILES string of the molecule is N#Cc1ccc(CC(=O)n2c(-c3ccccc3)cc3ccccc32)cc1. The summed E-state index contributed by atoms with van der Waals surface area (Å²) in [7, 11) is 0. The molecule has 1 heterocycles. The Kier molecular flexibility index (Phi) is 4.09. The van der Waals surface area contributed by atoms with E-state index in [2.05, 4.69) is 12.1 Å². The van der Waals surface area contributed by atoms with Crippen LogP contribution >= 0.6 is 0 Å². The predicted molar refractivity (Wildman–Crippen MR) is 103 cm³/mol. The first kappa shape index (κ1) is 15.9. The van der Waals surface area contributed by atoms with E-state index in [1.165, 1.54) is 0 Å². The molecule has 0 spiro atoms. The third kappa shape index (κ3) is 2.89. The molecule has 4 rings (SSSR count). The molecule has 0 saturated carbocycles. The molecule has 1 aromatic heterocycles. The largest absolute Gasteiger partial charge is 0.280 e. The van der Waals surface area contributed by atoms with Gasteiger partial charge in [-0.25, -0.2) is 0 Å². The Balaban J connectivity index is 1.79. The van der Waals surface area contributed by atoms with E-state index in [1.54, 1.807) is 16.7 Å². The van der Waals surface area contributed by atoms with Crippen molar-refractivity contribution in [2.75, 3.05) is 0 Å². The minimum Gasteiger partial charge on any atom is -0.280 e. The number of hydrogen-bond donors (Lipinski definition) is 0. The lowest BCUT2D eigenvalue weighted by Gasteiger charge is -2.10. The van der Waals surface area contributed by atoms with E-state index in [4.69, 9.17) is 5.26 Å². The van der Waals surface area contributed by atoms with Crippen LogP contribution in [0.3, 0.4) is 0 Å². The van der Waals surface area contributed by atoms with E-state index in [9.17, 15) is 4.79 Å². The summed E-state index contributed by atoms with van der Waals surface area (Å²) in [6.45, 7) is 0. The smallest absolute Gasteiger partial charge is 0.235 e. The van der Waals surface area contributed by atoms with Gasteiger partial charge in [0.25, 0.3) is 0 Å². The second kappa shape index (κ2) is 6.70. The number of carbonyl (C=O) groups is 1. The Morgan fingerprint density at radius 1 is 0.885 bits per heavy atom. The van der Waals surface area contributed by atoms with Crippen molar-refractivity contribution in [1.29, 1.82) is 5.26 Å². The zero-order valence-electron chi connectivity index (χ0n) is 14.1. The molecular weight excluding hydrogens is 320 g/mol. The number of hydrogen-bond acceptors (Lipinski definition) is 2. The predicted octanol–water partition coefficient (Wildman–Crippen LogP) is 5.06. The van der Waals surface area contributed by atoms with Crippen molar-refractivity contribution in [3.63, 3.8) is 0 Å². The molecule has 26 heavy (non-hydrogen) atoms. The first-order valence-electron chi connectivity index (χ1n) is 8.44. The second-order valence-electron chi connectivity index (χ2n) is 6.17. The Morgan fingerprint density at radius 2 is 1.58 bits per heavy atom. The van der Waals surface area contributed by atoms with Crippen LogP contribution < -0.4 is 0 Å². The van der Waals surface area contributed by atoms with E-state index in [-0.39, 0.29) is 12.3 Å². The highest BCUT2D eigenvalue weighted by molar-refractivity contribution is 5.99. The average Bonchev–Trinajstić information content (AvgIpc) is 3.09. The summed E-state index contributed by atoms with van der Waals surface area (Å²) < 4.78 is 1.79. The molecule has 0 amide bonds. The monoisotopic (exact) mass is 336 g/mol. The normalized spacial score (nSPS) is 10.6. The number of benzene rings is 3. The Morgan fingerprint density at radius 3 is 2.31 bits per heavy atom. The van der Waals surface area contributed by atoms with Crippen LogP contribution in [0.1, 0.15) is 15.9 Å². The summed E-state index contributed by atoms with van der Waals surface area (Å²) in [5, 5.41) is 9.96. The van der Waals surface area contributed by atoms with Crippen LogP contribution in [0.5, 0.6) is 0 Å². The van der Waals surface area contributed by atoms with Gasteiger partial charge in [-0.1, -0.05) is 60.7 Å². The maximum Gasteiger partial charge on any atom is 0.235 e. The zero-order valence-corrected chi connectivity index (χ0v) is 14.1. The molecule has 124 valence electrons. The molecule has 0 atom stereocenters. The fourth-order valence-electron chi connectivity index (χ4n) is 3.20. The summed E-state index contributed by atoms with van der Waals surface area (Å²) in [6.07, 6.45) is 0.282. The maximum absolute atomic E-state index is 13.1. The molecule has 3 nitrogen and oxygen atoms in total. The molecule has 4 aromatic rings. The first-order chi connectivity index (χ1) is 12.8. The fourth-order valence-corrected chi connectivity index (χ4v) is 3.20. The summed E-state index contributed by atoms with van der Waals surface area (Å²) >= 11 is 0. The van der Waals surface area contributed by atoms with Gasteiger partial charge in [0.05, 0.1) is 29.3 Å². The molecule has 0 aliphatic carbocycles. The van der Waals surface area contributed by atoms with Gasteiger partial charge in [0.15, 0.2) is 0 Å². The summed E-state index contributed by atoms with van der Waals surface area (Å²) in [5.74, 6) is 0.00904. The van der Waals surface area contributed by atoms with E-state index >= 15 is 0 Å². The van der Waals surface area contributed by atoms with E-state index in [0.717, 1.165) is 27.7 Å². The standard InChI is InChI=1S/C23H16N2O/c24-16-18-12-10-17(11-13-18)14-23(26)25-21-9-5-4-8-20(21)15-22(25)19-6-2-1-3-7-19/h1-13,15H,14H2. The van der Waals surface area contributed by atoms with Gasteiger partial charge in [-0.2, -0.15) is 5.26 Å². The summed E-state index contributed by atoms with van der Waals surface area (Å²) in [5.41, 5.74) is 4.30. The van der Waals surface area contributed by atoms with Crippen molar-refractivity contribution >= 4 is 16.8 Å². The lowest BCUT2D eigenvalue weighted by Crippen LogP contribution is -2.14. The quantitative estimate of drug-likeness (QED) is 0.525. The summed E-state index contributed by atoms with van der Waals surface area (Å²) in [6, 6.07) is 29.2. The number of rotatable bonds is 3. The zero-order chi connectivity index (χ0) is 17.9. The van der Waals surface area contributed by atoms with Gasteiger partial charge >= 0.3 is 0 Å². The van der Waals surface area contributed by atoms with E-state index < -0.39 is 0 Å². The second-order valence-corrected chi connectivity index (χ2v) is 6.17. The van der Waals surface area contributed by atoms with E-state index in [1.807, 2.05) is 66.7 Å². The lowest BCUT2D eigenvalue weighted by atomic mass is 10.1. The highest BCUT2D eigenvalue weighted by Gasteiger charge is 2.16. The molecule has 0 aliphatic rings. The molecule has 0 radical (unpaired) electrons. The number of nitrogens with zero attached hydrogens (tertiary/aromatic N) is 2. The molecular formula is C23H16N2O. The Hall–Kier alpha value is -3.64. The van der Waals surface area contributed by atoms with Gasteiger partial charge < -0.3 is 0 Å². The third-order valence-corrected chi connectivity index (χ3v) is 4.47. The van der Waals surface area contributed by atoms with Gasteiger partial charge in [0, 0.05) is 5.39 Å². The molecule has 3 heteroatoms. The van der Waals surface area contributed by atoms with Gasteiger partial charge in [-0.15, -0.1) is 0 Å². The molecule has 0 aliphatic heterocycles. The minimum absolute atomic E-state index is 0.00904. The number of para-hydroxylation sites is 1. The highest BCUT2D eigenvalue weighted by atomic mass is 16.2. The van der Waals surface area contributed by atoms with Gasteiger partial charge in [-0.05, 0) is 35.4 Å². The highest BCUT2D eigenvalue weighted by Crippen LogP contribution is 2.28.